The molecule has 1 rings (SSSR count). The third-order valence-corrected chi connectivity index (χ3v) is 2.58. The molecule has 0 N–H and O–H groups in total. The van der Waals surface area contributed by atoms with Crippen molar-refractivity contribution in [1.82, 2.24) is 4.90 Å². The third-order valence-electron chi connectivity index (χ3n) is 2.58. The van der Waals surface area contributed by atoms with Crippen LogP contribution < -0.4 is 0 Å². The van der Waals surface area contributed by atoms with Gasteiger partial charge in [-0.25, -0.2) is 0 Å². The first-order valence-corrected chi connectivity index (χ1v) is 4.31. The second-order valence-corrected chi connectivity index (χ2v) is 3.24. The van der Waals surface area contributed by atoms with E-state index in [0.717, 1.165) is 19.6 Å². The molecule has 0 bridgehead atoms. The van der Waals surface area contributed by atoms with Crippen LogP contribution in [0.5, 0.6) is 0 Å². The molecule has 0 saturated carbocycles. The largest absolute Gasteiger partial charge is 0.303 e. The molecular formula is C9H13N3. The molecule has 0 aromatic carbocycles. The fourth-order valence-electron chi connectivity index (χ4n) is 1.50. The number of rotatable bonds is 1. The third kappa shape index (κ3) is 1.57. The Balaban J connectivity index is 2.57. The van der Waals surface area contributed by atoms with Crippen LogP contribution in [0.3, 0.4) is 0 Å². The molecule has 1 aliphatic rings. The lowest BCUT2D eigenvalue weighted by Gasteiger charge is -2.32. The molecule has 0 aromatic heterocycles. The minimum Gasteiger partial charge on any atom is -0.303 e. The molecule has 1 fully saturated rings. The van der Waals surface area contributed by atoms with Crippen molar-refractivity contribution in [2.45, 2.75) is 19.8 Å². The highest BCUT2D eigenvalue weighted by molar-refractivity contribution is 5.15. The summed E-state index contributed by atoms with van der Waals surface area (Å²) in [6.45, 7) is 4.90. The second kappa shape index (κ2) is 3.56. The van der Waals surface area contributed by atoms with Crippen molar-refractivity contribution in [3.63, 3.8) is 0 Å². The molecule has 3 heteroatoms. The van der Waals surface area contributed by atoms with Gasteiger partial charge in [-0.3, -0.25) is 0 Å². The maximum atomic E-state index is 8.81. The highest BCUT2D eigenvalue weighted by atomic mass is 15.1. The summed E-state index contributed by atoms with van der Waals surface area (Å²) in [4.78, 5) is 2.27. The predicted molar refractivity (Wildman–Crippen MR) is 45.0 cm³/mol. The van der Waals surface area contributed by atoms with E-state index >= 15 is 0 Å². The molecular weight excluding hydrogens is 150 g/mol. The zero-order chi connectivity index (χ0) is 9.03. The van der Waals surface area contributed by atoms with Crippen molar-refractivity contribution in [3.05, 3.63) is 0 Å². The Morgan fingerprint density at radius 2 is 1.75 bits per heavy atom. The molecule has 0 atom stereocenters. The van der Waals surface area contributed by atoms with E-state index in [4.69, 9.17) is 10.5 Å². The lowest BCUT2D eigenvalue weighted by Crippen LogP contribution is -2.38. The molecule has 0 amide bonds. The molecule has 12 heavy (non-hydrogen) atoms. The number of piperidine rings is 1. The van der Waals surface area contributed by atoms with Gasteiger partial charge in [0.2, 0.25) is 0 Å². The summed E-state index contributed by atoms with van der Waals surface area (Å²) in [5, 5.41) is 17.6. The zero-order valence-electron chi connectivity index (χ0n) is 7.38. The summed E-state index contributed by atoms with van der Waals surface area (Å²) in [7, 11) is 0. The first-order chi connectivity index (χ1) is 5.76. The number of hydrogen-bond donors (Lipinski definition) is 0. The van der Waals surface area contributed by atoms with Crippen LogP contribution in [0, 0.1) is 28.1 Å². The zero-order valence-corrected chi connectivity index (χ0v) is 7.38. The number of likely N-dealkylation sites (tertiary alicyclic amines) is 1. The maximum absolute atomic E-state index is 8.81. The average molecular weight is 163 g/mol. The van der Waals surface area contributed by atoms with E-state index in [1.54, 1.807) is 0 Å². The summed E-state index contributed by atoms with van der Waals surface area (Å²) < 4.78 is 0. The van der Waals surface area contributed by atoms with Gasteiger partial charge in [-0.1, -0.05) is 6.92 Å². The summed E-state index contributed by atoms with van der Waals surface area (Å²) in [5.41, 5.74) is -0.689. The maximum Gasteiger partial charge on any atom is 0.146 e. The smallest absolute Gasteiger partial charge is 0.146 e. The van der Waals surface area contributed by atoms with Crippen molar-refractivity contribution in [3.8, 4) is 12.1 Å². The van der Waals surface area contributed by atoms with Crippen LogP contribution in [0.1, 0.15) is 19.8 Å². The number of hydrogen-bond acceptors (Lipinski definition) is 3. The standard InChI is InChI=1S/C9H13N3/c1-2-12-5-3-9(7-10,8-11)4-6-12/h2-6H2,1H3. The van der Waals surface area contributed by atoms with Gasteiger partial charge in [0.15, 0.2) is 0 Å². The van der Waals surface area contributed by atoms with E-state index in [1.807, 2.05) is 0 Å². The van der Waals surface area contributed by atoms with Crippen LogP contribution >= 0.6 is 0 Å². The molecule has 64 valence electrons. The molecule has 1 aliphatic heterocycles. The highest BCUT2D eigenvalue weighted by Gasteiger charge is 2.34. The average Bonchev–Trinajstić information content (AvgIpc) is 2.18. The summed E-state index contributed by atoms with van der Waals surface area (Å²) >= 11 is 0. The van der Waals surface area contributed by atoms with Crippen molar-refractivity contribution in [2.24, 2.45) is 5.41 Å². The SMILES string of the molecule is CCN1CCC(C#N)(C#N)CC1. The van der Waals surface area contributed by atoms with Crippen LogP contribution in [-0.2, 0) is 0 Å². The lowest BCUT2D eigenvalue weighted by atomic mass is 9.81. The Morgan fingerprint density at radius 1 is 1.25 bits per heavy atom. The minimum atomic E-state index is -0.689. The van der Waals surface area contributed by atoms with Crippen LogP contribution in [0.4, 0.5) is 0 Å². The second-order valence-electron chi connectivity index (χ2n) is 3.24. The highest BCUT2D eigenvalue weighted by Crippen LogP contribution is 2.29. The Labute approximate surface area is 73.2 Å². The minimum absolute atomic E-state index is 0.689. The first-order valence-electron chi connectivity index (χ1n) is 4.31. The van der Waals surface area contributed by atoms with Gasteiger partial charge in [0.25, 0.3) is 0 Å². The topological polar surface area (TPSA) is 50.8 Å². The summed E-state index contributed by atoms with van der Waals surface area (Å²) in [6, 6.07) is 4.25. The van der Waals surface area contributed by atoms with Crippen molar-refractivity contribution >= 4 is 0 Å². The van der Waals surface area contributed by atoms with Gasteiger partial charge < -0.3 is 4.90 Å². The Kier molecular flexibility index (Phi) is 2.68. The van der Waals surface area contributed by atoms with E-state index < -0.39 is 5.41 Å². The van der Waals surface area contributed by atoms with Gasteiger partial charge in [-0.05, 0) is 19.4 Å². The molecule has 1 heterocycles. The first kappa shape index (κ1) is 9.03. The fraction of sp³-hybridized carbons (Fsp3) is 0.778. The molecule has 0 aromatic rings. The van der Waals surface area contributed by atoms with E-state index in [9.17, 15) is 0 Å². The van der Waals surface area contributed by atoms with Gasteiger partial charge in [-0.2, -0.15) is 10.5 Å². The monoisotopic (exact) mass is 163 g/mol. The lowest BCUT2D eigenvalue weighted by molar-refractivity contribution is 0.184. The van der Waals surface area contributed by atoms with Crippen LogP contribution in [0.2, 0.25) is 0 Å². The van der Waals surface area contributed by atoms with E-state index in [1.165, 1.54) is 0 Å². The van der Waals surface area contributed by atoms with E-state index in [0.29, 0.717) is 12.8 Å². The van der Waals surface area contributed by atoms with Crippen molar-refractivity contribution < 1.29 is 0 Å². The molecule has 0 aliphatic carbocycles. The molecule has 0 unspecified atom stereocenters. The van der Waals surface area contributed by atoms with Gasteiger partial charge in [0.05, 0.1) is 12.1 Å². The Bertz CT molecular complexity index is 209. The van der Waals surface area contributed by atoms with E-state index in [2.05, 4.69) is 24.0 Å². The van der Waals surface area contributed by atoms with Crippen LogP contribution in [0.15, 0.2) is 0 Å². The van der Waals surface area contributed by atoms with Gasteiger partial charge in [0.1, 0.15) is 5.41 Å². The molecule has 1 saturated heterocycles. The quantitative estimate of drug-likeness (QED) is 0.582. The molecule has 3 nitrogen and oxygen atoms in total. The fourth-order valence-corrected chi connectivity index (χ4v) is 1.50. The predicted octanol–water partition coefficient (Wildman–Crippen LogP) is 1.14. The normalized spacial score (nSPS) is 22.6. The summed E-state index contributed by atoms with van der Waals surface area (Å²) in [6.07, 6.45) is 1.40. The Hall–Kier alpha value is -1.06. The van der Waals surface area contributed by atoms with Gasteiger partial charge >= 0.3 is 0 Å². The summed E-state index contributed by atoms with van der Waals surface area (Å²) in [5.74, 6) is 0. The molecule has 0 radical (unpaired) electrons. The van der Waals surface area contributed by atoms with Crippen molar-refractivity contribution in [2.75, 3.05) is 19.6 Å². The number of nitriles is 2. The van der Waals surface area contributed by atoms with Gasteiger partial charge in [-0.15, -0.1) is 0 Å². The molecule has 0 spiro atoms. The van der Waals surface area contributed by atoms with Gasteiger partial charge in [0, 0.05) is 13.1 Å². The number of nitrogens with zero attached hydrogens (tertiary/aromatic N) is 3. The van der Waals surface area contributed by atoms with Crippen molar-refractivity contribution in [1.29, 1.82) is 10.5 Å². The Morgan fingerprint density at radius 3 is 2.08 bits per heavy atom. The van der Waals surface area contributed by atoms with Crippen LogP contribution in [-0.4, -0.2) is 24.5 Å². The van der Waals surface area contributed by atoms with E-state index in [-0.39, 0.29) is 0 Å². The van der Waals surface area contributed by atoms with Crippen LogP contribution in [0.25, 0.3) is 0 Å².